The minimum atomic E-state index is -0.601. The number of nitrogens with zero attached hydrogens (tertiary/aromatic N) is 7. The number of aromatic nitrogens is 5. The number of nitrogens with one attached hydrogen (secondary N) is 1. The number of carbonyl (C=O) groups is 1. The third-order valence-corrected chi connectivity index (χ3v) is 6.94. The molecule has 0 radical (unpaired) electrons. The topological polar surface area (TPSA) is 159 Å². The van der Waals surface area contributed by atoms with Crippen molar-refractivity contribution < 1.29 is 14.2 Å². The Kier molecular flexibility index (Phi) is 7.37. The summed E-state index contributed by atoms with van der Waals surface area (Å²) in [7, 11) is 1.46. The van der Waals surface area contributed by atoms with Crippen LogP contribution in [0.25, 0.3) is 5.82 Å². The van der Waals surface area contributed by atoms with E-state index in [0.29, 0.717) is 32.8 Å². The van der Waals surface area contributed by atoms with Crippen LogP contribution in [0.5, 0.6) is 5.75 Å². The average Bonchev–Trinajstić information content (AvgIpc) is 3.52. The van der Waals surface area contributed by atoms with E-state index in [4.69, 9.17) is 33.7 Å². The summed E-state index contributed by atoms with van der Waals surface area (Å²) in [6.45, 7) is 0.754. The second-order valence-electron chi connectivity index (χ2n) is 6.26. The Morgan fingerprint density at radius 1 is 1.45 bits per heavy atom. The number of hydrogen-bond donors (Lipinski definition) is 2. The molecule has 0 aliphatic carbocycles. The molecule has 0 fully saturated rings. The Morgan fingerprint density at radius 3 is 3.00 bits per heavy atom. The molecule has 0 spiro atoms. The van der Waals surface area contributed by atoms with Crippen molar-refractivity contribution in [3.05, 3.63) is 39.1 Å². The molecule has 3 aromatic rings. The fourth-order valence-electron chi connectivity index (χ4n) is 2.75. The van der Waals surface area contributed by atoms with Gasteiger partial charge in [-0.1, -0.05) is 51.9 Å². The smallest absolute Gasteiger partial charge is 0.293 e. The molecule has 3 heterocycles. The van der Waals surface area contributed by atoms with Crippen molar-refractivity contribution in [2.45, 2.75) is 5.75 Å². The van der Waals surface area contributed by atoms with E-state index in [-0.39, 0.29) is 17.3 Å². The summed E-state index contributed by atoms with van der Waals surface area (Å²) < 4.78 is 12.1. The molecular formula is C17H15Cl2N9O3S2. The summed E-state index contributed by atoms with van der Waals surface area (Å²) >= 11 is 15.2. The normalized spacial score (nSPS) is 13.5. The molecule has 1 aliphatic rings. The molecule has 0 atom stereocenters. The second kappa shape index (κ2) is 10.4. The maximum absolute atomic E-state index is 12.8. The van der Waals surface area contributed by atoms with E-state index in [1.165, 1.54) is 35.8 Å². The second-order valence-corrected chi connectivity index (χ2v) is 9.41. The number of rotatable bonds is 7. The highest BCUT2D eigenvalue weighted by Gasteiger charge is 2.25. The highest BCUT2D eigenvalue weighted by molar-refractivity contribution is 8.38. The average molecular weight is 528 g/mol. The predicted molar refractivity (Wildman–Crippen MR) is 128 cm³/mol. The van der Waals surface area contributed by atoms with Gasteiger partial charge in [0.2, 0.25) is 11.6 Å². The maximum Gasteiger partial charge on any atom is 0.293 e. The van der Waals surface area contributed by atoms with Crippen LogP contribution in [-0.4, -0.2) is 61.2 Å². The van der Waals surface area contributed by atoms with Crippen LogP contribution in [0, 0.1) is 0 Å². The lowest BCUT2D eigenvalue weighted by molar-refractivity contribution is 0.0949. The maximum atomic E-state index is 12.8. The first-order valence-corrected chi connectivity index (χ1v) is 11.9. The zero-order valence-corrected chi connectivity index (χ0v) is 20.0. The number of nitrogens with two attached hydrogens (primary N) is 1. The highest BCUT2D eigenvalue weighted by atomic mass is 35.5. The largest absolute Gasteiger partial charge is 0.495 e. The lowest BCUT2D eigenvalue weighted by atomic mass is 10.2. The zero-order chi connectivity index (χ0) is 23.4. The van der Waals surface area contributed by atoms with Gasteiger partial charge in [-0.15, -0.1) is 5.10 Å². The lowest BCUT2D eigenvalue weighted by Crippen LogP contribution is -2.20. The van der Waals surface area contributed by atoms with Crippen LogP contribution in [0.1, 0.15) is 21.7 Å². The number of ether oxygens (including phenoxy) is 1. The first-order valence-electron chi connectivity index (χ1n) is 9.17. The number of nitrogen functional groups attached to an aromatic ring is 1. The zero-order valence-electron chi connectivity index (χ0n) is 16.9. The van der Waals surface area contributed by atoms with E-state index in [1.54, 1.807) is 17.8 Å². The fourth-order valence-corrected chi connectivity index (χ4v) is 5.34. The van der Waals surface area contributed by atoms with Gasteiger partial charge in [0.1, 0.15) is 10.1 Å². The molecule has 0 saturated heterocycles. The number of benzene rings is 1. The molecule has 172 valence electrons. The Labute approximate surface area is 205 Å². The van der Waals surface area contributed by atoms with Crippen molar-refractivity contribution >= 4 is 69.0 Å². The first kappa shape index (κ1) is 23.4. The van der Waals surface area contributed by atoms with Crippen LogP contribution < -0.4 is 15.9 Å². The van der Waals surface area contributed by atoms with Gasteiger partial charge < -0.3 is 10.5 Å². The molecule has 0 saturated carbocycles. The SMILES string of the molecule is COc1c(Cl)cc(Cl)cc1C=NNC(=O)c1nnn(-c2nonc2N)c1CSC1=NCCS1. The molecular weight excluding hydrogens is 513 g/mol. The molecule has 0 bridgehead atoms. The van der Waals surface area contributed by atoms with Crippen LogP contribution in [0.3, 0.4) is 0 Å². The molecule has 4 rings (SSSR count). The molecule has 2 aromatic heterocycles. The van der Waals surface area contributed by atoms with Crippen molar-refractivity contribution in [2.24, 2.45) is 10.1 Å². The van der Waals surface area contributed by atoms with Gasteiger partial charge >= 0.3 is 0 Å². The molecule has 3 N–H and O–H groups in total. The monoisotopic (exact) mass is 527 g/mol. The van der Waals surface area contributed by atoms with E-state index in [2.05, 4.69) is 40.8 Å². The first-order chi connectivity index (χ1) is 16.0. The van der Waals surface area contributed by atoms with Crippen molar-refractivity contribution in [3.63, 3.8) is 0 Å². The molecule has 33 heavy (non-hydrogen) atoms. The van der Waals surface area contributed by atoms with Gasteiger partial charge in [0.15, 0.2) is 5.69 Å². The Morgan fingerprint density at radius 2 is 2.30 bits per heavy atom. The van der Waals surface area contributed by atoms with Gasteiger partial charge in [-0.05, 0) is 22.4 Å². The Balaban J connectivity index is 1.57. The number of halogens is 2. The van der Waals surface area contributed by atoms with Crippen molar-refractivity contribution in [1.82, 2.24) is 30.7 Å². The third kappa shape index (κ3) is 5.24. The summed E-state index contributed by atoms with van der Waals surface area (Å²) in [5.41, 5.74) is 9.14. The Hall–Kier alpha value is -2.81. The number of anilines is 1. The van der Waals surface area contributed by atoms with Crippen LogP contribution in [-0.2, 0) is 5.75 Å². The number of aliphatic imine (C=N–C) groups is 1. The van der Waals surface area contributed by atoms with Crippen LogP contribution in [0.4, 0.5) is 5.82 Å². The van der Waals surface area contributed by atoms with Gasteiger partial charge in [0, 0.05) is 22.1 Å². The number of carbonyl (C=O) groups excluding carboxylic acids is 1. The van der Waals surface area contributed by atoms with E-state index in [1.807, 2.05) is 0 Å². The van der Waals surface area contributed by atoms with Crippen LogP contribution in [0.15, 0.2) is 26.9 Å². The third-order valence-electron chi connectivity index (χ3n) is 4.18. The van der Waals surface area contributed by atoms with E-state index in [9.17, 15) is 4.79 Å². The Bertz CT molecular complexity index is 1240. The number of amides is 1. The quantitative estimate of drug-likeness (QED) is 0.345. The van der Waals surface area contributed by atoms with E-state index < -0.39 is 5.91 Å². The standard InChI is InChI=1S/C17H15Cl2N9O3S2/c1-30-13-8(4-9(18)5-10(13)19)6-22-24-16(29)12-11(7-33-17-21-2-3-32-17)28(27-23-12)15-14(20)25-31-26-15/h4-6H,2-3,7H2,1H3,(H2,20,25)(H,24,29). The van der Waals surface area contributed by atoms with Crippen molar-refractivity contribution in [3.8, 4) is 11.6 Å². The van der Waals surface area contributed by atoms with Gasteiger partial charge in [0.05, 0.1) is 30.6 Å². The number of hydrazone groups is 1. The van der Waals surface area contributed by atoms with Crippen LogP contribution >= 0.6 is 46.7 Å². The van der Waals surface area contributed by atoms with Gasteiger partial charge in [-0.2, -0.15) is 9.78 Å². The molecule has 1 amide bonds. The summed E-state index contributed by atoms with van der Waals surface area (Å²) in [5, 5.41) is 19.9. The van der Waals surface area contributed by atoms with E-state index >= 15 is 0 Å². The van der Waals surface area contributed by atoms with Gasteiger partial charge in [-0.3, -0.25) is 9.79 Å². The number of thioether (sulfide) groups is 2. The van der Waals surface area contributed by atoms with Gasteiger partial charge in [-0.25, -0.2) is 10.1 Å². The molecule has 1 aromatic carbocycles. The summed E-state index contributed by atoms with van der Waals surface area (Å²) in [5.74, 6) is 1.14. The van der Waals surface area contributed by atoms with Crippen molar-refractivity contribution in [1.29, 1.82) is 0 Å². The summed E-state index contributed by atoms with van der Waals surface area (Å²) in [6.07, 6.45) is 1.36. The molecule has 1 aliphatic heterocycles. The number of methoxy groups -OCH3 is 1. The van der Waals surface area contributed by atoms with Crippen molar-refractivity contribution in [2.75, 3.05) is 25.1 Å². The summed E-state index contributed by atoms with van der Waals surface area (Å²) in [4.78, 5) is 17.2. The predicted octanol–water partition coefficient (Wildman–Crippen LogP) is 2.65. The summed E-state index contributed by atoms with van der Waals surface area (Å²) in [6, 6.07) is 3.14. The highest BCUT2D eigenvalue weighted by Crippen LogP contribution is 2.31. The van der Waals surface area contributed by atoms with E-state index in [0.717, 1.165) is 16.7 Å². The molecule has 12 nitrogen and oxygen atoms in total. The fraction of sp³-hybridized carbons (Fsp3) is 0.235. The van der Waals surface area contributed by atoms with Gasteiger partial charge in [0.25, 0.3) is 5.91 Å². The van der Waals surface area contributed by atoms with Crippen LogP contribution in [0.2, 0.25) is 10.0 Å². The minimum Gasteiger partial charge on any atom is -0.495 e. The molecule has 16 heteroatoms. The lowest BCUT2D eigenvalue weighted by Gasteiger charge is -2.07. The minimum absolute atomic E-state index is 0.00800. The molecule has 0 unspecified atom stereocenters. The number of hydrogen-bond acceptors (Lipinski definition) is 12.